The zero-order valence-corrected chi connectivity index (χ0v) is 15.1. The van der Waals surface area contributed by atoms with E-state index in [1.807, 2.05) is 13.8 Å². The van der Waals surface area contributed by atoms with Crippen LogP contribution in [-0.2, 0) is 19.1 Å². The molecule has 1 aliphatic rings. The molecule has 2 N–H and O–H groups in total. The number of ketones is 1. The molecule has 0 aromatic rings. The minimum absolute atomic E-state index is 0.00616. The van der Waals surface area contributed by atoms with Crippen LogP contribution in [0, 0.1) is 17.8 Å². The van der Waals surface area contributed by atoms with Gasteiger partial charge in [-0.05, 0) is 31.6 Å². The highest BCUT2D eigenvalue weighted by Crippen LogP contribution is 2.30. The van der Waals surface area contributed by atoms with Gasteiger partial charge < -0.3 is 19.9 Å². The van der Waals surface area contributed by atoms with Crippen LogP contribution in [0.2, 0.25) is 0 Å². The number of carbonyl (C=O) groups excluding carboxylic acids is 2. The summed E-state index contributed by atoms with van der Waals surface area (Å²) < 4.78 is 10.4. The molecular formula is C18H33NO5. The number of nitrogens with one attached hydrogen (secondary N) is 1. The molecule has 0 saturated heterocycles. The van der Waals surface area contributed by atoms with E-state index in [1.54, 1.807) is 0 Å². The van der Waals surface area contributed by atoms with Gasteiger partial charge in [-0.1, -0.05) is 13.8 Å². The van der Waals surface area contributed by atoms with E-state index in [9.17, 15) is 9.59 Å². The van der Waals surface area contributed by atoms with Crippen molar-refractivity contribution in [3.05, 3.63) is 0 Å². The average molecular weight is 343 g/mol. The lowest BCUT2D eigenvalue weighted by Gasteiger charge is -2.28. The second-order valence-corrected chi connectivity index (χ2v) is 6.78. The van der Waals surface area contributed by atoms with Crippen LogP contribution in [0.5, 0.6) is 0 Å². The van der Waals surface area contributed by atoms with E-state index in [4.69, 9.17) is 14.6 Å². The number of ether oxygens (including phenoxy) is 2. The minimum atomic E-state index is 0.00616. The summed E-state index contributed by atoms with van der Waals surface area (Å²) in [6, 6.07) is 0. The summed E-state index contributed by atoms with van der Waals surface area (Å²) in [5, 5.41) is 11.5. The van der Waals surface area contributed by atoms with Crippen LogP contribution in [0.1, 0.15) is 46.0 Å². The molecule has 0 bridgehead atoms. The van der Waals surface area contributed by atoms with Gasteiger partial charge in [-0.3, -0.25) is 9.59 Å². The Balaban J connectivity index is 2.02. The molecule has 6 nitrogen and oxygen atoms in total. The molecule has 6 heteroatoms. The maximum absolute atomic E-state index is 12.0. The molecule has 0 aromatic carbocycles. The van der Waals surface area contributed by atoms with Gasteiger partial charge >= 0.3 is 0 Å². The van der Waals surface area contributed by atoms with Crippen molar-refractivity contribution in [1.82, 2.24) is 5.32 Å². The Labute approximate surface area is 145 Å². The summed E-state index contributed by atoms with van der Waals surface area (Å²) in [6.45, 7) is 6.20. The van der Waals surface area contributed by atoms with E-state index in [0.717, 1.165) is 25.7 Å². The molecule has 1 rings (SSSR count). The zero-order chi connectivity index (χ0) is 17.8. The summed E-state index contributed by atoms with van der Waals surface area (Å²) in [6.07, 6.45) is 4.29. The van der Waals surface area contributed by atoms with Crippen LogP contribution in [0.3, 0.4) is 0 Å². The predicted molar refractivity (Wildman–Crippen MR) is 91.6 cm³/mol. The van der Waals surface area contributed by atoms with Gasteiger partial charge in [-0.2, -0.15) is 0 Å². The molecule has 0 spiro atoms. The second kappa shape index (κ2) is 12.4. The molecule has 0 aromatic heterocycles. The highest BCUT2D eigenvalue weighted by atomic mass is 16.5. The lowest BCUT2D eigenvalue weighted by atomic mass is 9.78. The van der Waals surface area contributed by atoms with Crippen molar-refractivity contribution >= 4 is 11.7 Å². The number of hydrogen-bond donors (Lipinski definition) is 2. The van der Waals surface area contributed by atoms with Gasteiger partial charge in [-0.25, -0.2) is 0 Å². The van der Waals surface area contributed by atoms with E-state index >= 15 is 0 Å². The Morgan fingerprint density at radius 2 is 1.67 bits per heavy atom. The Morgan fingerprint density at radius 1 is 1.04 bits per heavy atom. The first kappa shape index (κ1) is 21.1. The number of rotatable bonds is 12. The molecule has 0 radical (unpaired) electrons. The third kappa shape index (κ3) is 8.76. The number of carbonyl (C=O) groups is 2. The molecule has 0 atom stereocenters. The minimum Gasteiger partial charge on any atom is -0.394 e. The van der Waals surface area contributed by atoms with Gasteiger partial charge in [0.2, 0.25) is 5.91 Å². The molecule has 0 unspecified atom stereocenters. The smallest absolute Gasteiger partial charge is 0.222 e. The fourth-order valence-electron chi connectivity index (χ4n) is 3.02. The van der Waals surface area contributed by atoms with E-state index < -0.39 is 0 Å². The van der Waals surface area contributed by atoms with Crippen LogP contribution in [0.15, 0.2) is 0 Å². The van der Waals surface area contributed by atoms with Crippen molar-refractivity contribution in [2.45, 2.75) is 46.0 Å². The van der Waals surface area contributed by atoms with Crippen LogP contribution >= 0.6 is 0 Å². The molecule has 0 aliphatic heterocycles. The largest absolute Gasteiger partial charge is 0.394 e. The Morgan fingerprint density at radius 3 is 2.25 bits per heavy atom. The van der Waals surface area contributed by atoms with E-state index in [-0.39, 0.29) is 24.3 Å². The summed E-state index contributed by atoms with van der Waals surface area (Å²) in [4.78, 5) is 23.8. The van der Waals surface area contributed by atoms with E-state index in [0.29, 0.717) is 51.1 Å². The van der Waals surface area contributed by atoms with Crippen molar-refractivity contribution in [2.75, 3.05) is 39.6 Å². The van der Waals surface area contributed by atoms with Crippen molar-refractivity contribution in [3.8, 4) is 0 Å². The first-order valence-electron chi connectivity index (χ1n) is 9.11. The second-order valence-electron chi connectivity index (χ2n) is 6.78. The molecule has 140 valence electrons. The number of Topliss-reactive ketones (excluding diaryl/α,β-unsaturated/α-hetero) is 1. The van der Waals surface area contributed by atoms with Gasteiger partial charge in [0.15, 0.2) is 0 Å². The van der Waals surface area contributed by atoms with Gasteiger partial charge in [0.25, 0.3) is 0 Å². The van der Waals surface area contributed by atoms with Crippen LogP contribution in [0.4, 0.5) is 0 Å². The SMILES string of the molecule is CC(C)C(=O)C1CCC(CNC(=O)CCOCCOCCO)CC1. The highest BCUT2D eigenvalue weighted by Gasteiger charge is 2.27. The molecule has 24 heavy (non-hydrogen) atoms. The number of aliphatic hydroxyl groups is 1. The standard InChI is InChI=1S/C18H33NO5/c1-14(2)18(22)16-5-3-15(4-6-16)13-19-17(21)7-9-23-11-12-24-10-8-20/h14-16,20H,3-13H2,1-2H3,(H,19,21). The first-order chi connectivity index (χ1) is 11.5. The van der Waals surface area contributed by atoms with Gasteiger partial charge in [0.1, 0.15) is 5.78 Å². The Bertz CT molecular complexity index is 364. The monoisotopic (exact) mass is 343 g/mol. The molecule has 1 fully saturated rings. The fraction of sp³-hybridized carbons (Fsp3) is 0.889. The zero-order valence-electron chi connectivity index (χ0n) is 15.1. The molecule has 1 aliphatic carbocycles. The topological polar surface area (TPSA) is 84.9 Å². The number of amides is 1. The van der Waals surface area contributed by atoms with Crippen LogP contribution < -0.4 is 5.32 Å². The summed E-state index contributed by atoms with van der Waals surface area (Å²) in [5.74, 6) is 1.22. The Kier molecular flexibility index (Phi) is 10.9. The third-order valence-corrected chi connectivity index (χ3v) is 4.49. The van der Waals surface area contributed by atoms with Gasteiger partial charge in [-0.15, -0.1) is 0 Å². The summed E-state index contributed by atoms with van der Waals surface area (Å²) >= 11 is 0. The maximum Gasteiger partial charge on any atom is 0.222 e. The average Bonchev–Trinajstić information content (AvgIpc) is 2.59. The van der Waals surface area contributed by atoms with Crippen molar-refractivity contribution < 1.29 is 24.2 Å². The predicted octanol–water partition coefficient (Wildman–Crippen LogP) is 1.55. The lowest BCUT2D eigenvalue weighted by molar-refractivity contribution is -0.127. The number of aliphatic hydroxyl groups excluding tert-OH is 1. The van der Waals surface area contributed by atoms with Crippen molar-refractivity contribution in [3.63, 3.8) is 0 Å². The van der Waals surface area contributed by atoms with Crippen molar-refractivity contribution in [2.24, 2.45) is 17.8 Å². The van der Waals surface area contributed by atoms with Gasteiger partial charge in [0, 0.05) is 24.8 Å². The summed E-state index contributed by atoms with van der Waals surface area (Å²) in [7, 11) is 0. The third-order valence-electron chi connectivity index (χ3n) is 4.49. The molecule has 1 saturated carbocycles. The number of hydrogen-bond acceptors (Lipinski definition) is 5. The van der Waals surface area contributed by atoms with Gasteiger partial charge in [0.05, 0.1) is 33.0 Å². The lowest BCUT2D eigenvalue weighted by Crippen LogP contribution is -2.33. The normalized spacial score (nSPS) is 21.0. The maximum atomic E-state index is 12.0. The molecule has 1 amide bonds. The Hall–Kier alpha value is -0.980. The highest BCUT2D eigenvalue weighted by molar-refractivity contribution is 5.82. The fourth-order valence-corrected chi connectivity index (χ4v) is 3.02. The molecule has 0 heterocycles. The van der Waals surface area contributed by atoms with E-state index in [1.165, 1.54) is 0 Å². The molecular weight excluding hydrogens is 310 g/mol. The summed E-state index contributed by atoms with van der Waals surface area (Å²) in [5.41, 5.74) is 0. The van der Waals surface area contributed by atoms with Crippen molar-refractivity contribution in [1.29, 1.82) is 0 Å². The first-order valence-corrected chi connectivity index (χ1v) is 9.11. The van der Waals surface area contributed by atoms with E-state index in [2.05, 4.69) is 5.32 Å². The van der Waals surface area contributed by atoms with Crippen LogP contribution in [-0.4, -0.2) is 56.4 Å². The quantitative estimate of drug-likeness (QED) is 0.525. The van der Waals surface area contributed by atoms with Crippen LogP contribution in [0.25, 0.3) is 0 Å².